The van der Waals surface area contributed by atoms with Crippen LogP contribution in [0.25, 0.3) is 0 Å². The van der Waals surface area contributed by atoms with Gasteiger partial charge in [0.05, 0.1) is 20.8 Å². The van der Waals surface area contributed by atoms with Crippen molar-refractivity contribution in [3.63, 3.8) is 0 Å². The van der Waals surface area contributed by atoms with Crippen LogP contribution in [0.2, 0.25) is 0 Å². The van der Waals surface area contributed by atoms with E-state index in [1.165, 1.54) is 15.3 Å². The van der Waals surface area contributed by atoms with Gasteiger partial charge in [-0.2, -0.15) is 0 Å². The van der Waals surface area contributed by atoms with Crippen LogP contribution in [0.5, 0.6) is 11.5 Å². The summed E-state index contributed by atoms with van der Waals surface area (Å²) >= 11 is 1.83. The van der Waals surface area contributed by atoms with Crippen molar-refractivity contribution in [3.05, 3.63) is 45.6 Å². The standard InChI is InChI=1S/C20H29N3O2S.HI/c1-5-16-8-9-17(26-16)14-23-20(21-6-2)22-12-11-15-7-10-18(24-3)19(13-15)25-4;/h7-10,13H,5-6,11-12,14H2,1-4H3,(H2,21,22,23);1H. The van der Waals surface area contributed by atoms with Gasteiger partial charge in [-0.05, 0) is 49.6 Å². The fourth-order valence-electron chi connectivity index (χ4n) is 2.56. The molecule has 1 heterocycles. The van der Waals surface area contributed by atoms with Crippen molar-refractivity contribution in [2.75, 3.05) is 27.3 Å². The van der Waals surface area contributed by atoms with E-state index >= 15 is 0 Å². The first-order valence-electron chi connectivity index (χ1n) is 9.00. The molecule has 5 nitrogen and oxygen atoms in total. The summed E-state index contributed by atoms with van der Waals surface area (Å²) < 4.78 is 10.6. The van der Waals surface area contributed by atoms with Crippen molar-refractivity contribution in [3.8, 4) is 11.5 Å². The number of benzene rings is 1. The highest BCUT2D eigenvalue weighted by Crippen LogP contribution is 2.27. The Bertz CT molecular complexity index is 719. The molecule has 0 saturated carbocycles. The molecular weight excluding hydrogens is 473 g/mol. The molecule has 0 amide bonds. The first-order valence-corrected chi connectivity index (χ1v) is 9.82. The van der Waals surface area contributed by atoms with Gasteiger partial charge in [0.25, 0.3) is 0 Å². The lowest BCUT2D eigenvalue weighted by Crippen LogP contribution is -2.38. The average molecular weight is 503 g/mol. The van der Waals surface area contributed by atoms with E-state index in [2.05, 4.69) is 47.7 Å². The Morgan fingerprint density at radius 3 is 2.37 bits per heavy atom. The molecule has 0 fully saturated rings. The second-order valence-corrected chi connectivity index (χ2v) is 7.04. The lowest BCUT2D eigenvalue weighted by atomic mass is 10.1. The quantitative estimate of drug-likeness (QED) is 0.306. The molecule has 0 spiro atoms. The van der Waals surface area contributed by atoms with Crippen molar-refractivity contribution >= 4 is 41.3 Å². The van der Waals surface area contributed by atoms with E-state index in [-0.39, 0.29) is 24.0 Å². The molecule has 7 heteroatoms. The second kappa shape index (κ2) is 12.8. The molecule has 27 heavy (non-hydrogen) atoms. The van der Waals surface area contributed by atoms with Gasteiger partial charge in [0.2, 0.25) is 0 Å². The summed E-state index contributed by atoms with van der Waals surface area (Å²) in [7, 11) is 3.31. The first kappa shape index (κ1) is 23.6. The minimum Gasteiger partial charge on any atom is -0.493 e. The van der Waals surface area contributed by atoms with Crippen LogP contribution in [0.4, 0.5) is 0 Å². The maximum absolute atomic E-state index is 5.36. The fraction of sp³-hybridized carbons (Fsp3) is 0.450. The van der Waals surface area contributed by atoms with E-state index in [0.29, 0.717) is 6.54 Å². The molecule has 0 unspecified atom stereocenters. The molecule has 0 aliphatic carbocycles. The minimum absolute atomic E-state index is 0. The van der Waals surface area contributed by atoms with Crippen LogP contribution in [-0.4, -0.2) is 33.3 Å². The Hall–Kier alpha value is -1.48. The molecule has 0 aliphatic heterocycles. The summed E-state index contributed by atoms with van der Waals surface area (Å²) in [6, 6.07) is 10.4. The SMILES string of the molecule is CCNC(=NCc1ccc(CC)s1)NCCc1ccc(OC)c(OC)c1.I. The van der Waals surface area contributed by atoms with Gasteiger partial charge in [-0.3, -0.25) is 0 Å². The fourth-order valence-corrected chi connectivity index (χ4v) is 3.44. The molecular formula is C20H30IN3O2S. The highest BCUT2D eigenvalue weighted by molar-refractivity contribution is 14.0. The van der Waals surface area contributed by atoms with Crippen LogP contribution in [0, 0.1) is 0 Å². The zero-order valence-corrected chi connectivity index (χ0v) is 19.6. The third-order valence-electron chi connectivity index (χ3n) is 3.96. The summed E-state index contributed by atoms with van der Waals surface area (Å²) in [6.45, 7) is 6.60. The van der Waals surface area contributed by atoms with Crippen LogP contribution in [-0.2, 0) is 19.4 Å². The van der Waals surface area contributed by atoms with Gasteiger partial charge < -0.3 is 20.1 Å². The van der Waals surface area contributed by atoms with Gasteiger partial charge in [-0.25, -0.2) is 4.99 Å². The number of nitrogens with zero attached hydrogens (tertiary/aromatic N) is 1. The van der Waals surface area contributed by atoms with E-state index in [1.54, 1.807) is 14.2 Å². The maximum atomic E-state index is 5.36. The molecule has 0 atom stereocenters. The van der Waals surface area contributed by atoms with Gasteiger partial charge in [0.15, 0.2) is 17.5 Å². The number of hydrogen-bond donors (Lipinski definition) is 2. The molecule has 150 valence electrons. The molecule has 0 bridgehead atoms. The largest absolute Gasteiger partial charge is 0.493 e. The number of aryl methyl sites for hydroxylation is 1. The molecule has 1 aromatic carbocycles. The van der Waals surface area contributed by atoms with Crippen LogP contribution >= 0.6 is 35.3 Å². The smallest absolute Gasteiger partial charge is 0.191 e. The highest BCUT2D eigenvalue weighted by atomic mass is 127. The average Bonchev–Trinajstić information content (AvgIpc) is 3.14. The number of hydrogen-bond acceptors (Lipinski definition) is 4. The van der Waals surface area contributed by atoms with Gasteiger partial charge in [0, 0.05) is 22.8 Å². The lowest BCUT2D eigenvalue weighted by molar-refractivity contribution is 0.354. The van der Waals surface area contributed by atoms with Crippen LogP contribution in [0.3, 0.4) is 0 Å². The Kier molecular flexibility index (Phi) is 11.2. The maximum Gasteiger partial charge on any atom is 0.191 e. The van der Waals surface area contributed by atoms with E-state index < -0.39 is 0 Å². The van der Waals surface area contributed by atoms with Crippen molar-refractivity contribution in [2.45, 2.75) is 33.2 Å². The Morgan fingerprint density at radius 2 is 1.74 bits per heavy atom. The highest BCUT2D eigenvalue weighted by Gasteiger charge is 2.05. The predicted molar refractivity (Wildman–Crippen MR) is 125 cm³/mol. The molecule has 2 aromatic rings. The third-order valence-corrected chi connectivity index (χ3v) is 5.17. The number of methoxy groups -OCH3 is 2. The van der Waals surface area contributed by atoms with E-state index in [9.17, 15) is 0 Å². The number of halogens is 1. The summed E-state index contributed by atoms with van der Waals surface area (Å²) in [5.74, 6) is 2.36. The van der Waals surface area contributed by atoms with Crippen LogP contribution in [0.15, 0.2) is 35.3 Å². The summed E-state index contributed by atoms with van der Waals surface area (Å²) in [5.41, 5.74) is 1.19. The first-order chi connectivity index (χ1) is 12.7. The monoisotopic (exact) mass is 503 g/mol. The number of guanidine groups is 1. The normalized spacial score (nSPS) is 10.9. The number of rotatable bonds is 9. The van der Waals surface area contributed by atoms with Gasteiger partial charge >= 0.3 is 0 Å². The zero-order valence-electron chi connectivity index (χ0n) is 16.5. The number of aliphatic imine (C=N–C) groups is 1. The Balaban J connectivity index is 0.00000364. The molecule has 0 aliphatic rings. The molecule has 1 aromatic heterocycles. The summed E-state index contributed by atoms with van der Waals surface area (Å²) in [5, 5.41) is 6.70. The Labute approximate surface area is 183 Å². The lowest BCUT2D eigenvalue weighted by Gasteiger charge is -2.12. The van der Waals surface area contributed by atoms with Crippen LogP contribution in [0.1, 0.15) is 29.2 Å². The van der Waals surface area contributed by atoms with Crippen molar-refractivity contribution in [1.29, 1.82) is 0 Å². The van der Waals surface area contributed by atoms with Gasteiger partial charge in [-0.1, -0.05) is 13.0 Å². The van der Waals surface area contributed by atoms with Gasteiger partial charge in [-0.15, -0.1) is 35.3 Å². The van der Waals surface area contributed by atoms with Crippen LogP contribution < -0.4 is 20.1 Å². The molecule has 2 N–H and O–H groups in total. The van der Waals surface area contributed by atoms with Crippen molar-refractivity contribution in [2.24, 2.45) is 4.99 Å². The van der Waals surface area contributed by atoms with E-state index in [0.717, 1.165) is 43.4 Å². The zero-order chi connectivity index (χ0) is 18.8. The number of thiophene rings is 1. The van der Waals surface area contributed by atoms with Crippen molar-refractivity contribution in [1.82, 2.24) is 10.6 Å². The second-order valence-electron chi connectivity index (χ2n) is 5.78. The number of nitrogens with one attached hydrogen (secondary N) is 2. The molecule has 2 rings (SSSR count). The third kappa shape index (κ3) is 7.57. The van der Waals surface area contributed by atoms with Crippen molar-refractivity contribution < 1.29 is 9.47 Å². The molecule has 0 radical (unpaired) electrons. The molecule has 0 saturated heterocycles. The van der Waals surface area contributed by atoms with Gasteiger partial charge in [0.1, 0.15) is 0 Å². The predicted octanol–water partition coefficient (Wildman–Crippen LogP) is 4.24. The topological polar surface area (TPSA) is 54.9 Å². The summed E-state index contributed by atoms with van der Waals surface area (Å²) in [4.78, 5) is 7.38. The van der Waals surface area contributed by atoms with E-state index in [4.69, 9.17) is 9.47 Å². The minimum atomic E-state index is 0. The van der Waals surface area contributed by atoms with E-state index in [1.807, 2.05) is 23.5 Å². The Morgan fingerprint density at radius 1 is 1.00 bits per heavy atom. The summed E-state index contributed by atoms with van der Waals surface area (Å²) in [6.07, 6.45) is 1.96. The number of ether oxygens (including phenoxy) is 2.